The molecule has 0 saturated carbocycles. The molecule has 0 aliphatic rings. The Kier molecular flexibility index (Phi) is 3.33. The molecule has 0 amide bonds. The van der Waals surface area contributed by atoms with E-state index in [0.717, 1.165) is 6.42 Å². The van der Waals surface area contributed by atoms with Gasteiger partial charge in [-0.25, -0.2) is 0 Å². The number of nitrogens with two attached hydrogens (primary N) is 1. The number of rotatable bonds is 2. The van der Waals surface area contributed by atoms with Crippen molar-refractivity contribution in [3.63, 3.8) is 0 Å². The predicted molar refractivity (Wildman–Crippen MR) is 62.2 cm³/mol. The van der Waals surface area contributed by atoms with Crippen molar-refractivity contribution < 1.29 is 0 Å². The van der Waals surface area contributed by atoms with Gasteiger partial charge in [0.2, 0.25) is 0 Å². The fourth-order valence-electron chi connectivity index (χ4n) is 1.68. The minimum atomic E-state index is 0.162. The maximum absolute atomic E-state index is 6.15. The van der Waals surface area contributed by atoms with Crippen molar-refractivity contribution in [1.29, 1.82) is 0 Å². The summed E-state index contributed by atoms with van der Waals surface area (Å²) in [5.41, 5.74) is 8.98. The first-order valence-corrected chi connectivity index (χ1v) is 5.21. The first kappa shape index (κ1) is 11.3. The summed E-state index contributed by atoms with van der Waals surface area (Å²) in [4.78, 5) is 0. The van der Waals surface area contributed by atoms with E-state index >= 15 is 0 Å². The Morgan fingerprint density at radius 3 is 2.43 bits per heavy atom. The van der Waals surface area contributed by atoms with Crippen molar-refractivity contribution in [2.75, 3.05) is 0 Å². The number of aryl methyl sites for hydroxylation is 1. The second kappa shape index (κ2) is 4.14. The van der Waals surface area contributed by atoms with Crippen molar-refractivity contribution in [3.8, 4) is 0 Å². The average molecular weight is 191 g/mol. The van der Waals surface area contributed by atoms with Gasteiger partial charge in [-0.2, -0.15) is 0 Å². The molecule has 0 fully saturated rings. The van der Waals surface area contributed by atoms with Gasteiger partial charge in [-0.15, -0.1) is 0 Å². The van der Waals surface area contributed by atoms with E-state index in [1.165, 1.54) is 11.1 Å². The van der Waals surface area contributed by atoms with Crippen LogP contribution in [0.2, 0.25) is 0 Å². The van der Waals surface area contributed by atoms with Crippen molar-refractivity contribution >= 4 is 0 Å². The van der Waals surface area contributed by atoms with Gasteiger partial charge >= 0.3 is 0 Å². The summed E-state index contributed by atoms with van der Waals surface area (Å²) < 4.78 is 0. The van der Waals surface area contributed by atoms with E-state index in [0.29, 0.717) is 5.41 Å². The van der Waals surface area contributed by atoms with Gasteiger partial charge in [-0.1, -0.05) is 50.6 Å². The molecule has 2 N–H and O–H groups in total. The molecule has 0 aliphatic heterocycles. The zero-order valence-corrected chi connectivity index (χ0v) is 9.67. The lowest BCUT2D eigenvalue weighted by Crippen LogP contribution is -2.18. The zero-order valence-electron chi connectivity index (χ0n) is 9.67. The summed E-state index contributed by atoms with van der Waals surface area (Å²) in [5, 5.41) is 0. The largest absolute Gasteiger partial charge is 0.324 e. The van der Waals surface area contributed by atoms with Crippen molar-refractivity contribution in [2.45, 2.75) is 40.2 Å². The quantitative estimate of drug-likeness (QED) is 0.761. The lowest BCUT2D eigenvalue weighted by atomic mass is 9.85. The maximum Gasteiger partial charge on any atom is 0.0299 e. The second-order valence-electron chi connectivity index (χ2n) is 5.29. The van der Waals surface area contributed by atoms with Crippen molar-refractivity contribution in [3.05, 3.63) is 35.4 Å². The van der Waals surface area contributed by atoms with Gasteiger partial charge in [-0.3, -0.25) is 0 Å². The minimum absolute atomic E-state index is 0.162. The van der Waals surface area contributed by atoms with Crippen LogP contribution < -0.4 is 5.73 Å². The molecule has 14 heavy (non-hydrogen) atoms. The van der Waals surface area contributed by atoms with Gasteiger partial charge < -0.3 is 5.73 Å². The third kappa shape index (κ3) is 3.51. The van der Waals surface area contributed by atoms with Crippen LogP contribution in [-0.2, 0) is 0 Å². The summed E-state index contributed by atoms with van der Waals surface area (Å²) in [5.74, 6) is 0. The smallest absolute Gasteiger partial charge is 0.0299 e. The highest BCUT2D eigenvalue weighted by Crippen LogP contribution is 2.27. The summed E-state index contributed by atoms with van der Waals surface area (Å²) in [7, 11) is 0. The van der Waals surface area contributed by atoms with E-state index < -0.39 is 0 Å². The van der Waals surface area contributed by atoms with Gasteiger partial charge in [0.1, 0.15) is 0 Å². The molecular weight excluding hydrogens is 170 g/mol. The van der Waals surface area contributed by atoms with Gasteiger partial charge in [0, 0.05) is 6.04 Å². The highest BCUT2D eigenvalue weighted by molar-refractivity contribution is 5.24. The van der Waals surface area contributed by atoms with E-state index in [1.807, 2.05) is 0 Å². The number of hydrogen-bond acceptors (Lipinski definition) is 1. The van der Waals surface area contributed by atoms with Crippen LogP contribution in [0.25, 0.3) is 0 Å². The lowest BCUT2D eigenvalue weighted by Gasteiger charge is -2.23. The Bertz CT molecular complexity index is 296. The van der Waals surface area contributed by atoms with Crippen LogP contribution in [0.3, 0.4) is 0 Å². The fraction of sp³-hybridized carbons (Fsp3) is 0.538. The summed E-state index contributed by atoms with van der Waals surface area (Å²) in [6, 6.07) is 8.63. The van der Waals surface area contributed by atoms with Crippen LogP contribution in [0, 0.1) is 12.3 Å². The molecule has 0 radical (unpaired) electrons. The zero-order chi connectivity index (χ0) is 10.8. The molecule has 0 unspecified atom stereocenters. The van der Waals surface area contributed by atoms with E-state index in [9.17, 15) is 0 Å². The van der Waals surface area contributed by atoms with Gasteiger partial charge in [-0.05, 0) is 24.3 Å². The van der Waals surface area contributed by atoms with Crippen LogP contribution >= 0.6 is 0 Å². The van der Waals surface area contributed by atoms with Gasteiger partial charge in [0.05, 0.1) is 0 Å². The highest BCUT2D eigenvalue weighted by atomic mass is 14.6. The Labute approximate surface area is 87.3 Å². The molecule has 0 heterocycles. The molecule has 0 saturated heterocycles. The molecular formula is C13H21N. The molecule has 1 aromatic rings. The molecule has 0 spiro atoms. The topological polar surface area (TPSA) is 26.0 Å². The van der Waals surface area contributed by atoms with E-state index in [-0.39, 0.29) is 6.04 Å². The number of hydrogen-bond donors (Lipinski definition) is 1. The number of benzene rings is 1. The molecule has 0 bridgehead atoms. The first-order chi connectivity index (χ1) is 6.38. The van der Waals surface area contributed by atoms with Crippen molar-refractivity contribution in [1.82, 2.24) is 0 Å². The summed E-state index contributed by atoms with van der Waals surface area (Å²) in [6.45, 7) is 8.78. The standard InChI is InChI=1S/C13H21N/c1-10-6-5-7-11(8-10)12(14)9-13(2,3)4/h5-8,12H,9,14H2,1-4H3/t12-/m0/s1. The Morgan fingerprint density at radius 2 is 1.93 bits per heavy atom. The molecule has 0 aromatic heterocycles. The maximum atomic E-state index is 6.15. The minimum Gasteiger partial charge on any atom is -0.324 e. The van der Waals surface area contributed by atoms with Gasteiger partial charge in [0.25, 0.3) is 0 Å². The summed E-state index contributed by atoms with van der Waals surface area (Å²) >= 11 is 0. The SMILES string of the molecule is Cc1cccc([C@@H](N)CC(C)(C)C)c1. The Hall–Kier alpha value is -0.820. The third-order valence-corrected chi connectivity index (χ3v) is 2.30. The molecule has 1 rings (SSSR count). The molecule has 1 nitrogen and oxygen atoms in total. The van der Waals surface area contributed by atoms with E-state index in [4.69, 9.17) is 5.73 Å². The second-order valence-corrected chi connectivity index (χ2v) is 5.29. The highest BCUT2D eigenvalue weighted by Gasteiger charge is 2.16. The Morgan fingerprint density at radius 1 is 1.29 bits per heavy atom. The van der Waals surface area contributed by atoms with Crippen LogP contribution in [0.4, 0.5) is 0 Å². The van der Waals surface area contributed by atoms with Crippen LogP contribution in [0.1, 0.15) is 44.4 Å². The fourth-order valence-corrected chi connectivity index (χ4v) is 1.68. The van der Waals surface area contributed by atoms with Gasteiger partial charge in [0.15, 0.2) is 0 Å². The summed E-state index contributed by atoms with van der Waals surface area (Å²) in [6.07, 6.45) is 1.02. The molecule has 78 valence electrons. The molecule has 0 aliphatic carbocycles. The lowest BCUT2D eigenvalue weighted by molar-refractivity contribution is 0.343. The van der Waals surface area contributed by atoms with Crippen LogP contribution in [0.15, 0.2) is 24.3 Å². The normalized spacial score (nSPS) is 14.1. The first-order valence-electron chi connectivity index (χ1n) is 5.21. The van der Waals surface area contributed by atoms with E-state index in [2.05, 4.69) is 52.0 Å². The molecule has 1 heteroatoms. The van der Waals surface area contributed by atoms with Crippen molar-refractivity contribution in [2.24, 2.45) is 11.1 Å². The van der Waals surface area contributed by atoms with E-state index in [1.54, 1.807) is 0 Å². The van der Waals surface area contributed by atoms with Crippen LogP contribution in [0.5, 0.6) is 0 Å². The monoisotopic (exact) mass is 191 g/mol. The average Bonchev–Trinajstić information content (AvgIpc) is 2.01. The molecule has 1 aromatic carbocycles. The predicted octanol–water partition coefficient (Wildman–Crippen LogP) is 3.43. The third-order valence-electron chi connectivity index (χ3n) is 2.30. The van der Waals surface area contributed by atoms with Crippen LogP contribution in [-0.4, -0.2) is 0 Å². The molecule has 1 atom stereocenters. The Balaban J connectivity index is 2.74.